The maximum Gasteiger partial charge on any atom is 0.198 e. The fourth-order valence-electron chi connectivity index (χ4n) is 1.49. The number of aromatic amines is 1. The van der Waals surface area contributed by atoms with Crippen LogP contribution in [0.5, 0.6) is 0 Å². The third-order valence-electron chi connectivity index (χ3n) is 2.28. The molecular weight excluding hydrogens is 274 g/mol. The monoisotopic (exact) mass is 281 g/mol. The first-order valence-electron chi connectivity index (χ1n) is 4.82. The van der Waals surface area contributed by atoms with Crippen LogP contribution < -0.4 is 0 Å². The average Bonchev–Trinajstić information content (AvgIpc) is 2.93. The summed E-state index contributed by atoms with van der Waals surface area (Å²) in [5, 5.41) is 9.89. The molecule has 4 nitrogen and oxygen atoms in total. The van der Waals surface area contributed by atoms with E-state index in [0.29, 0.717) is 9.78 Å². The maximum atomic E-state index is 9.07. The zero-order valence-corrected chi connectivity index (χ0v) is 11.0. The molecule has 3 rings (SSSR count). The van der Waals surface area contributed by atoms with Crippen LogP contribution in [0.25, 0.3) is 21.0 Å². The first-order chi connectivity index (χ1) is 8.26. The fourth-order valence-corrected chi connectivity index (χ4v) is 3.13. The Balaban J connectivity index is 2.16. The van der Waals surface area contributed by atoms with Crippen LogP contribution in [0.4, 0.5) is 0 Å². The summed E-state index contributed by atoms with van der Waals surface area (Å²) in [7, 11) is 0. The Kier molecular flexibility index (Phi) is 2.75. The van der Waals surface area contributed by atoms with Gasteiger partial charge in [-0.3, -0.25) is 4.37 Å². The van der Waals surface area contributed by atoms with Crippen molar-refractivity contribution in [1.82, 2.24) is 14.3 Å². The summed E-state index contributed by atoms with van der Waals surface area (Å²) in [6.07, 6.45) is 0. The number of thiazole rings is 1. The fraction of sp³-hybridized carbons (Fsp3) is 0.100. The summed E-state index contributed by atoms with van der Waals surface area (Å²) in [6, 6.07) is 5.74. The summed E-state index contributed by atoms with van der Waals surface area (Å²) in [5.74, 6) is 0.715. The van der Waals surface area contributed by atoms with E-state index in [4.69, 9.17) is 17.3 Å². The van der Waals surface area contributed by atoms with Crippen LogP contribution in [-0.4, -0.2) is 19.4 Å². The number of rotatable bonds is 2. The van der Waals surface area contributed by atoms with Crippen molar-refractivity contribution in [2.75, 3.05) is 0 Å². The van der Waals surface area contributed by atoms with Crippen molar-refractivity contribution in [3.05, 3.63) is 27.7 Å². The third kappa shape index (κ3) is 2.02. The second kappa shape index (κ2) is 4.26. The van der Waals surface area contributed by atoms with Crippen molar-refractivity contribution in [2.24, 2.45) is 0 Å². The molecule has 0 saturated heterocycles. The van der Waals surface area contributed by atoms with Gasteiger partial charge in [-0.2, -0.15) is 0 Å². The van der Waals surface area contributed by atoms with Gasteiger partial charge in [0.25, 0.3) is 0 Å². The number of H-pyrrole nitrogens is 1. The van der Waals surface area contributed by atoms with Crippen LogP contribution in [0.3, 0.4) is 0 Å². The Bertz CT molecular complexity index is 728. The molecule has 0 saturated carbocycles. The predicted molar refractivity (Wildman–Crippen MR) is 71.8 cm³/mol. The molecule has 0 aliphatic rings. The van der Waals surface area contributed by atoms with Crippen molar-refractivity contribution in [1.29, 1.82) is 0 Å². The molecule has 2 aromatic heterocycles. The summed E-state index contributed by atoms with van der Waals surface area (Å²) in [6.45, 7) is 0.0297. The van der Waals surface area contributed by atoms with Gasteiger partial charge < -0.3 is 5.11 Å². The topological polar surface area (TPSA) is 61.8 Å². The predicted octanol–water partition coefficient (Wildman–Crippen LogP) is 2.97. The van der Waals surface area contributed by atoms with E-state index < -0.39 is 0 Å². The Morgan fingerprint density at radius 1 is 1.35 bits per heavy atom. The van der Waals surface area contributed by atoms with E-state index >= 15 is 0 Å². The molecule has 3 aromatic rings. The summed E-state index contributed by atoms with van der Waals surface area (Å²) in [4.78, 5) is 8.67. The van der Waals surface area contributed by atoms with E-state index in [-0.39, 0.29) is 6.61 Å². The highest BCUT2D eigenvalue weighted by molar-refractivity contribution is 7.73. The summed E-state index contributed by atoms with van der Waals surface area (Å²) >= 11 is 7.85. The maximum absolute atomic E-state index is 9.07. The number of benzene rings is 1. The standard InChI is InChI=1S/C10H7N3OS3/c14-4-5-1-2-7-6(3-5)11-9(16-7)8-12-10(15)17-13-8/h1-3,14H,4H2,(H,12,13,15). The van der Waals surface area contributed by atoms with E-state index in [2.05, 4.69) is 14.3 Å². The zero-order chi connectivity index (χ0) is 11.8. The highest BCUT2D eigenvalue weighted by atomic mass is 32.2. The lowest BCUT2D eigenvalue weighted by Gasteiger charge is -1.92. The second-order valence-corrected chi connectivity index (χ2v) is 5.88. The number of hydrogen-bond donors (Lipinski definition) is 2. The highest BCUT2D eigenvalue weighted by Gasteiger charge is 2.09. The molecule has 0 bridgehead atoms. The van der Waals surface area contributed by atoms with Gasteiger partial charge in [-0.25, -0.2) is 9.97 Å². The molecule has 2 heterocycles. The Labute approximate surface area is 110 Å². The molecule has 0 spiro atoms. The molecule has 0 fully saturated rings. The lowest BCUT2D eigenvalue weighted by Crippen LogP contribution is -1.81. The van der Waals surface area contributed by atoms with Crippen molar-refractivity contribution in [3.8, 4) is 10.8 Å². The van der Waals surface area contributed by atoms with Crippen LogP contribution in [0.1, 0.15) is 5.56 Å². The first kappa shape index (κ1) is 11.0. The Hall–Kier alpha value is -1.15. The van der Waals surface area contributed by atoms with Crippen LogP contribution in [0.15, 0.2) is 18.2 Å². The molecule has 7 heteroatoms. The molecule has 0 unspecified atom stereocenters. The number of aliphatic hydroxyl groups excluding tert-OH is 1. The van der Waals surface area contributed by atoms with Crippen molar-refractivity contribution >= 4 is 45.3 Å². The smallest absolute Gasteiger partial charge is 0.198 e. The molecule has 2 N–H and O–H groups in total. The SMILES string of the molecule is OCc1ccc2sc(-c3nc(=S)s[nH]3)nc2c1. The zero-order valence-electron chi connectivity index (χ0n) is 8.51. The third-order valence-corrected chi connectivity index (χ3v) is 4.22. The minimum Gasteiger partial charge on any atom is -0.392 e. The largest absolute Gasteiger partial charge is 0.392 e. The Morgan fingerprint density at radius 3 is 2.94 bits per heavy atom. The number of nitrogens with one attached hydrogen (secondary N) is 1. The van der Waals surface area contributed by atoms with Crippen molar-refractivity contribution in [2.45, 2.75) is 6.61 Å². The molecule has 0 radical (unpaired) electrons. The normalized spacial score (nSPS) is 11.1. The molecule has 0 amide bonds. The number of aromatic nitrogens is 3. The lowest BCUT2D eigenvalue weighted by molar-refractivity contribution is 0.282. The molecule has 1 aromatic carbocycles. The van der Waals surface area contributed by atoms with Crippen molar-refractivity contribution in [3.63, 3.8) is 0 Å². The van der Waals surface area contributed by atoms with Gasteiger partial charge >= 0.3 is 0 Å². The van der Waals surface area contributed by atoms with E-state index in [1.807, 2.05) is 18.2 Å². The molecule has 0 aliphatic carbocycles. The number of fused-ring (bicyclic) bond motifs is 1. The number of hydrogen-bond acceptors (Lipinski definition) is 6. The van der Waals surface area contributed by atoms with Gasteiger partial charge in [-0.1, -0.05) is 6.07 Å². The van der Waals surface area contributed by atoms with E-state index in [9.17, 15) is 0 Å². The lowest BCUT2D eigenvalue weighted by atomic mass is 10.2. The molecule has 86 valence electrons. The first-order valence-corrected chi connectivity index (χ1v) is 6.86. The van der Waals surface area contributed by atoms with Gasteiger partial charge in [0.2, 0.25) is 0 Å². The summed E-state index contributed by atoms with van der Waals surface area (Å²) < 4.78 is 4.69. The number of aliphatic hydroxyl groups is 1. The number of nitrogens with zero attached hydrogens (tertiary/aromatic N) is 2. The molecular formula is C10H7N3OS3. The van der Waals surface area contributed by atoms with Crippen LogP contribution in [-0.2, 0) is 6.61 Å². The van der Waals surface area contributed by atoms with Gasteiger partial charge in [-0.05, 0) is 41.4 Å². The van der Waals surface area contributed by atoms with Crippen LogP contribution in [0.2, 0.25) is 0 Å². The minimum absolute atomic E-state index is 0.0297. The van der Waals surface area contributed by atoms with Gasteiger partial charge in [0.05, 0.1) is 16.8 Å². The van der Waals surface area contributed by atoms with Crippen molar-refractivity contribution < 1.29 is 5.11 Å². The van der Waals surface area contributed by atoms with Gasteiger partial charge in [0.1, 0.15) is 0 Å². The molecule has 0 atom stereocenters. The molecule has 17 heavy (non-hydrogen) atoms. The Morgan fingerprint density at radius 2 is 2.24 bits per heavy atom. The van der Waals surface area contributed by atoms with E-state index in [1.54, 1.807) is 11.3 Å². The van der Waals surface area contributed by atoms with Crippen LogP contribution in [0, 0.1) is 3.95 Å². The summed E-state index contributed by atoms with van der Waals surface area (Å²) in [5.41, 5.74) is 1.74. The van der Waals surface area contributed by atoms with E-state index in [0.717, 1.165) is 20.8 Å². The van der Waals surface area contributed by atoms with E-state index in [1.165, 1.54) is 11.5 Å². The van der Waals surface area contributed by atoms with Crippen LogP contribution >= 0.6 is 35.1 Å². The van der Waals surface area contributed by atoms with Gasteiger partial charge in [-0.15, -0.1) is 11.3 Å². The highest BCUT2D eigenvalue weighted by Crippen LogP contribution is 2.29. The average molecular weight is 281 g/mol. The molecule has 0 aliphatic heterocycles. The second-order valence-electron chi connectivity index (χ2n) is 3.41. The quantitative estimate of drug-likeness (QED) is 0.709. The van der Waals surface area contributed by atoms with Gasteiger partial charge in [0.15, 0.2) is 14.8 Å². The minimum atomic E-state index is 0.0297. The van der Waals surface area contributed by atoms with Gasteiger partial charge in [0, 0.05) is 0 Å².